The van der Waals surface area contributed by atoms with Crippen LogP contribution in [0.1, 0.15) is 29.8 Å². The number of ether oxygens (including phenoxy) is 1. The van der Waals surface area contributed by atoms with E-state index in [1.54, 1.807) is 24.5 Å². The molecule has 0 atom stereocenters. The lowest BCUT2D eigenvalue weighted by molar-refractivity contribution is 0.102. The summed E-state index contributed by atoms with van der Waals surface area (Å²) in [6.45, 7) is 7.34. The lowest BCUT2D eigenvalue weighted by Gasteiger charge is -2.21. The highest BCUT2D eigenvalue weighted by Gasteiger charge is 2.13. The van der Waals surface area contributed by atoms with Crippen LogP contribution >= 0.6 is 0 Å². The first-order valence-corrected chi connectivity index (χ1v) is 9.31. The van der Waals surface area contributed by atoms with Crippen LogP contribution in [-0.2, 0) is 0 Å². The van der Waals surface area contributed by atoms with Gasteiger partial charge in [0.25, 0.3) is 5.91 Å². The topological polar surface area (TPSA) is 67.3 Å². The van der Waals surface area contributed by atoms with E-state index in [1.807, 2.05) is 56.0 Å². The standard InChI is InChI=1S/C22H24N4O2/c1-4-26(19-8-6-7-16(3)13-19)22-23-14-17(15-24-22)21(27)25-18-9-11-20(12-10-18)28-5-2/h6-15H,4-5H2,1-3H3,(H,25,27). The zero-order valence-corrected chi connectivity index (χ0v) is 16.3. The Labute approximate surface area is 165 Å². The van der Waals surface area contributed by atoms with Gasteiger partial charge in [0.05, 0.1) is 12.2 Å². The van der Waals surface area contributed by atoms with Crippen molar-refractivity contribution in [2.45, 2.75) is 20.8 Å². The third-order valence-electron chi connectivity index (χ3n) is 4.19. The number of hydrogen-bond acceptors (Lipinski definition) is 5. The van der Waals surface area contributed by atoms with Gasteiger partial charge >= 0.3 is 0 Å². The number of amides is 1. The minimum Gasteiger partial charge on any atom is -0.494 e. The number of aromatic nitrogens is 2. The molecule has 6 heteroatoms. The summed E-state index contributed by atoms with van der Waals surface area (Å²) in [5.41, 5.74) is 3.28. The van der Waals surface area contributed by atoms with Gasteiger partial charge in [-0.1, -0.05) is 12.1 Å². The molecule has 144 valence electrons. The monoisotopic (exact) mass is 376 g/mol. The molecule has 0 saturated heterocycles. The maximum absolute atomic E-state index is 12.5. The number of hydrogen-bond donors (Lipinski definition) is 1. The van der Waals surface area contributed by atoms with Gasteiger partial charge in [0, 0.05) is 30.3 Å². The van der Waals surface area contributed by atoms with Gasteiger partial charge in [-0.2, -0.15) is 0 Å². The highest BCUT2D eigenvalue weighted by molar-refractivity contribution is 6.03. The van der Waals surface area contributed by atoms with Crippen molar-refractivity contribution in [2.24, 2.45) is 0 Å². The van der Waals surface area contributed by atoms with Gasteiger partial charge in [-0.25, -0.2) is 9.97 Å². The maximum atomic E-state index is 12.5. The fourth-order valence-electron chi connectivity index (χ4n) is 2.82. The van der Waals surface area contributed by atoms with Crippen LogP contribution in [0.4, 0.5) is 17.3 Å². The lowest BCUT2D eigenvalue weighted by atomic mass is 10.2. The van der Waals surface area contributed by atoms with Crippen molar-refractivity contribution in [1.29, 1.82) is 0 Å². The predicted octanol–water partition coefficient (Wildman–Crippen LogP) is 4.59. The molecule has 0 fully saturated rings. The van der Waals surface area contributed by atoms with Crippen molar-refractivity contribution in [3.05, 3.63) is 72.1 Å². The Morgan fingerprint density at radius 1 is 1.07 bits per heavy atom. The number of anilines is 3. The van der Waals surface area contributed by atoms with Crippen molar-refractivity contribution in [3.63, 3.8) is 0 Å². The second-order valence-corrected chi connectivity index (χ2v) is 6.27. The van der Waals surface area contributed by atoms with E-state index in [9.17, 15) is 4.79 Å². The van der Waals surface area contributed by atoms with Crippen LogP contribution in [0.5, 0.6) is 5.75 Å². The van der Waals surface area contributed by atoms with Gasteiger partial charge in [-0.3, -0.25) is 4.79 Å². The average Bonchev–Trinajstić information content (AvgIpc) is 2.71. The number of carbonyl (C=O) groups is 1. The van der Waals surface area contributed by atoms with Crippen molar-refractivity contribution < 1.29 is 9.53 Å². The Balaban J connectivity index is 1.71. The van der Waals surface area contributed by atoms with Crippen LogP contribution in [0.25, 0.3) is 0 Å². The summed E-state index contributed by atoms with van der Waals surface area (Å²) in [4.78, 5) is 23.2. The summed E-state index contributed by atoms with van der Waals surface area (Å²) >= 11 is 0. The van der Waals surface area contributed by atoms with Crippen molar-refractivity contribution in [2.75, 3.05) is 23.4 Å². The second-order valence-electron chi connectivity index (χ2n) is 6.27. The van der Waals surface area contributed by atoms with Gasteiger partial charge in [-0.05, 0) is 62.7 Å². The Bertz CT molecular complexity index is 924. The third-order valence-corrected chi connectivity index (χ3v) is 4.19. The molecule has 0 saturated carbocycles. The summed E-state index contributed by atoms with van der Waals surface area (Å²) in [5, 5.41) is 2.84. The van der Waals surface area contributed by atoms with E-state index in [-0.39, 0.29) is 5.91 Å². The van der Waals surface area contributed by atoms with E-state index in [1.165, 1.54) is 5.56 Å². The Morgan fingerprint density at radius 3 is 2.39 bits per heavy atom. The Morgan fingerprint density at radius 2 is 1.79 bits per heavy atom. The molecule has 3 aromatic rings. The Kier molecular flexibility index (Phi) is 6.22. The molecule has 0 unspecified atom stereocenters. The number of benzene rings is 2. The molecule has 3 rings (SSSR count). The average molecular weight is 376 g/mol. The fourth-order valence-corrected chi connectivity index (χ4v) is 2.82. The molecule has 1 amide bonds. The van der Waals surface area contributed by atoms with E-state index in [2.05, 4.69) is 21.4 Å². The first kappa shape index (κ1) is 19.4. The van der Waals surface area contributed by atoms with Crippen molar-refractivity contribution in [3.8, 4) is 5.75 Å². The summed E-state index contributed by atoms with van der Waals surface area (Å²) in [5.74, 6) is 1.07. The zero-order valence-electron chi connectivity index (χ0n) is 16.3. The molecular formula is C22H24N4O2. The van der Waals surface area contributed by atoms with Crippen molar-refractivity contribution in [1.82, 2.24) is 9.97 Å². The van der Waals surface area contributed by atoms with E-state index < -0.39 is 0 Å². The molecule has 0 aliphatic carbocycles. The summed E-state index contributed by atoms with van der Waals surface area (Å²) in [7, 11) is 0. The molecule has 1 aromatic heterocycles. The number of rotatable bonds is 7. The number of nitrogens with zero attached hydrogens (tertiary/aromatic N) is 3. The second kappa shape index (κ2) is 8.99. The van der Waals surface area contributed by atoms with E-state index >= 15 is 0 Å². The van der Waals surface area contributed by atoms with Crippen LogP contribution < -0.4 is 15.0 Å². The smallest absolute Gasteiger partial charge is 0.258 e. The molecule has 0 aliphatic heterocycles. The normalized spacial score (nSPS) is 10.4. The van der Waals surface area contributed by atoms with E-state index in [0.717, 1.165) is 18.0 Å². The summed E-state index contributed by atoms with van der Waals surface area (Å²) in [6, 6.07) is 15.4. The molecule has 0 bridgehead atoms. The van der Waals surface area contributed by atoms with Crippen LogP contribution in [0.15, 0.2) is 60.9 Å². The highest BCUT2D eigenvalue weighted by atomic mass is 16.5. The minimum absolute atomic E-state index is 0.255. The van der Waals surface area contributed by atoms with Crippen LogP contribution in [0, 0.1) is 6.92 Å². The molecule has 2 aromatic carbocycles. The molecular weight excluding hydrogens is 352 g/mol. The summed E-state index contributed by atoms with van der Waals surface area (Å²) < 4.78 is 5.40. The van der Waals surface area contributed by atoms with Crippen LogP contribution in [-0.4, -0.2) is 29.0 Å². The lowest BCUT2D eigenvalue weighted by Crippen LogP contribution is -2.20. The summed E-state index contributed by atoms with van der Waals surface area (Å²) in [6.07, 6.45) is 3.09. The number of nitrogens with one attached hydrogen (secondary N) is 1. The molecule has 1 heterocycles. The minimum atomic E-state index is -0.255. The van der Waals surface area contributed by atoms with Gasteiger partial charge in [0.1, 0.15) is 5.75 Å². The molecule has 0 aliphatic rings. The molecule has 0 spiro atoms. The fraction of sp³-hybridized carbons (Fsp3) is 0.227. The van der Waals surface area contributed by atoms with Crippen molar-refractivity contribution >= 4 is 23.2 Å². The molecule has 28 heavy (non-hydrogen) atoms. The van der Waals surface area contributed by atoms with Gasteiger partial charge in [0.15, 0.2) is 0 Å². The molecule has 0 radical (unpaired) electrons. The van der Waals surface area contributed by atoms with E-state index in [4.69, 9.17) is 4.74 Å². The van der Waals surface area contributed by atoms with Crippen LogP contribution in [0.3, 0.4) is 0 Å². The molecule has 6 nitrogen and oxygen atoms in total. The van der Waals surface area contributed by atoms with Gasteiger partial charge < -0.3 is 15.0 Å². The Hall–Kier alpha value is -3.41. The van der Waals surface area contributed by atoms with Crippen LogP contribution in [0.2, 0.25) is 0 Å². The third kappa shape index (κ3) is 4.65. The largest absolute Gasteiger partial charge is 0.494 e. The number of aryl methyl sites for hydroxylation is 1. The first-order chi connectivity index (χ1) is 13.6. The van der Waals surface area contributed by atoms with Gasteiger partial charge in [0.2, 0.25) is 5.95 Å². The van der Waals surface area contributed by atoms with Gasteiger partial charge in [-0.15, -0.1) is 0 Å². The SMILES string of the molecule is CCOc1ccc(NC(=O)c2cnc(N(CC)c3cccc(C)c3)nc2)cc1. The number of carbonyl (C=O) groups excluding carboxylic acids is 1. The van der Waals surface area contributed by atoms with E-state index in [0.29, 0.717) is 23.8 Å². The predicted molar refractivity (Wildman–Crippen MR) is 111 cm³/mol. The maximum Gasteiger partial charge on any atom is 0.258 e. The zero-order chi connectivity index (χ0) is 19.9. The molecule has 1 N–H and O–H groups in total. The quantitative estimate of drug-likeness (QED) is 0.653. The first-order valence-electron chi connectivity index (χ1n) is 9.31. The highest BCUT2D eigenvalue weighted by Crippen LogP contribution is 2.22.